The van der Waals surface area contributed by atoms with E-state index < -0.39 is 16.9 Å². The molecular weight excluding hydrogens is 240 g/mol. The maximum Gasteiger partial charge on any atom is 0.325 e. The minimum atomic E-state index is -1.07. The van der Waals surface area contributed by atoms with E-state index in [1.165, 1.54) is 24.3 Å². The van der Waals surface area contributed by atoms with Crippen molar-refractivity contribution in [3.05, 3.63) is 39.9 Å². The Bertz CT molecular complexity index is 418. The predicted molar refractivity (Wildman–Crippen MR) is 63.2 cm³/mol. The number of hydrogen-bond acceptors (Lipinski definition) is 5. The van der Waals surface area contributed by atoms with Gasteiger partial charge in [-0.1, -0.05) is 12.1 Å². The van der Waals surface area contributed by atoms with Gasteiger partial charge in [0.05, 0.1) is 4.92 Å². The van der Waals surface area contributed by atoms with E-state index in [2.05, 4.69) is 5.32 Å². The normalized spacial score (nSPS) is 12.1. The molecule has 0 aliphatic rings. The van der Waals surface area contributed by atoms with Crippen molar-refractivity contribution in [1.82, 2.24) is 5.32 Å². The number of nitrogens with zero attached hydrogens (tertiary/aromatic N) is 1. The molecule has 1 atom stereocenters. The first-order valence-corrected chi connectivity index (χ1v) is 5.37. The smallest absolute Gasteiger partial charge is 0.325 e. The molecule has 1 aromatic rings. The Labute approximate surface area is 103 Å². The van der Waals surface area contributed by atoms with Crippen LogP contribution in [-0.4, -0.2) is 34.3 Å². The van der Waals surface area contributed by atoms with Gasteiger partial charge in [-0.15, -0.1) is 0 Å². The molecule has 1 aromatic carbocycles. The lowest BCUT2D eigenvalue weighted by Crippen LogP contribution is -2.29. The average molecular weight is 254 g/mol. The van der Waals surface area contributed by atoms with Crippen LogP contribution in [0.15, 0.2) is 24.3 Å². The third kappa shape index (κ3) is 3.79. The summed E-state index contributed by atoms with van der Waals surface area (Å²) >= 11 is 0. The van der Waals surface area contributed by atoms with Gasteiger partial charge >= 0.3 is 5.97 Å². The summed E-state index contributed by atoms with van der Waals surface area (Å²) in [5.41, 5.74) is 0.351. The predicted octanol–water partition coefficient (Wildman–Crippen LogP) is 0.693. The van der Waals surface area contributed by atoms with Gasteiger partial charge in [-0.2, -0.15) is 0 Å². The molecule has 0 aromatic heterocycles. The van der Waals surface area contributed by atoms with Crippen LogP contribution >= 0.6 is 0 Å². The van der Waals surface area contributed by atoms with Crippen LogP contribution in [0.2, 0.25) is 0 Å². The quantitative estimate of drug-likeness (QED) is 0.375. The fourth-order valence-corrected chi connectivity index (χ4v) is 1.46. The summed E-state index contributed by atoms with van der Waals surface area (Å²) in [5.74, 6) is -1.07. The molecule has 0 fully saturated rings. The van der Waals surface area contributed by atoms with Crippen molar-refractivity contribution in [3.63, 3.8) is 0 Å². The molecule has 0 radical (unpaired) electrons. The van der Waals surface area contributed by atoms with E-state index in [0.29, 0.717) is 18.5 Å². The van der Waals surface area contributed by atoms with E-state index in [4.69, 9.17) is 10.2 Å². The molecule has 0 heterocycles. The van der Waals surface area contributed by atoms with Gasteiger partial charge in [0.2, 0.25) is 0 Å². The highest BCUT2D eigenvalue weighted by molar-refractivity contribution is 5.75. The van der Waals surface area contributed by atoms with Crippen molar-refractivity contribution in [1.29, 1.82) is 0 Å². The number of aliphatic carboxylic acids is 1. The van der Waals surface area contributed by atoms with Gasteiger partial charge in [-0.3, -0.25) is 14.9 Å². The zero-order valence-corrected chi connectivity index (χ0v) is 9.57. The topological polar surface area (TPSA) is 113 Å². The van der Waals surface area contributed by atoms with Crippen molar-refractivity contribution in [3.8, 4) is 0 Å². The van der Waals surface area contributed by atoms with Crippen LogP contribution in [0, 0.1) is 10.1 Å². The third-order valence-corrected chi connectivity index (χ3v) is 2.37. The first-order chi connectivity index (χ1) is 8.56. The minimum absolute atomic E-state index is 0.0282. The number of carboxylic acid groups (broad SMARTS) is 1. The van der Waals surface area contributed by atoms with Crippen molar-refractivity contribution >= 4 is 11.7 Å². The molecule has 0 amide bonds. The molecule has 0 spiro atoms. The highest BCUT2D eigenvalue weighted by Crippen LogP contribution is 2.18. The van der Waals surface area contributed by atoms with E-state index in [1.807, 2.05) is 0 Å². The minimum Gasteiger partial charge on any atom is -0.480 e. The number of hydrogen-bond donors (Lipinski definition) is 3. The zero-order valence-electron chi connectivity index (χ0n) is 9.57. The second-order valence-corrected chi connectivity index (χ2v) is 3.65. The molecule has 0 saturated heterocycles. The van der Waals surface area contributed by atoms with E-state index in [1.54, 1.807) is 0 Å². The van der Waals surface area contributed by atoms with Gasteiger partial charge in [-0.25, -0.2) is 0 Å². The van der Waals surface area contributed by atoms with Crippen LogP contribution in [-0.2, 0) is 4.79 Å². The number of nitro groups is 1. The second kappa shape index (κ2) is 6.67. The summed E-state index contributed by atoms with van der Waals surface area (Å²) in [7, 11) is 0. The number of non-ortho nitro benzene ring substituents is 1. The van der Waals surface area contributed by atoms with Gasteiger partial charge < -0.3 is 15.5 Å². The monoisotopic (exact) mass is 254 g/mol. The summed E-state index contributed by atoms with van der Waals surface area (Å²) in [6.45, 7) is 0.323. The number of nitro benzene ring substituents is 1. The van der Waals surface area contributed by atoms with Crippen molar-refractivity contribution < 1.29 is 19.9 Å². The number of carboxylic acids is 1. The summed E-state index contributed by atoms with van der Waals surface area (Å²) in [5, 5.41) is 30.9. The molecular formula is C11H14N2O5. The fourth-order valence-electron chi connectivity index (χ4n) is 1.46. The van der Waals surface area contributed by atoms with Gasteiger partial charge in [0.15, 0.2) is 0 Å². The molecule has 0 aliphatic carbocycles. The first kappa shape index (κ1) is 14.1. The molecule has 7 heteroatoms. The van der Waals surface area contributed by atoms with Gasteiger partial charge in [0.25, 0.3) is 5.69 Å². The number of nitrogens with one attached hydrogen (secondary N) is 1. The third-order valence-electron chi connectivity index (χ3n) is 2.37. The average Bonchev–Trinajstić information content (AvgIpc) is 2.34. The molecule has 1 unspecified atom stereocenters. The van der Waals surface area contributed by atoms with Crippen LogP contribution < -0.4 is 5.32 Å². The van der Waals surface area contributed by atoms with E-state index >= 15 is 0 Å². The van der Waals surface area contributed by atoms with E-state index in [9.17, 15) is 14.9 Å². The summed E-state index contributed by atoms with van der Waals surface area (Å²) < 4.78 is 0. The van der Waals surface area contributed by atoms with Gasteiger partial charge in [-0.05, 0) is 18.5 Å². The van der Waals surface area contributed by atoms with E-state index in [0.717, 1.165) is 0 Å². The summed E-state index contributed by atoms with van der Waals surface area (Å²) in [6, 6.07) is 4.40. The van der Waals surface area contributed by atoms with Crippen LogP contribution in [0.3, 0.4) is 0 Å². The number of carbonyl (C=O) groups is 1. The maximum atomic E-state index is 11.1. The SMILES string of the molecule is O=C(O)C(NCCCO)c1ccc([N+](=O)[O-])cc1. The van der Waals surface area contributed by atoms with Crippen molar-refractivity contribution in [2.24, 2.45) is 0 Å². The molecule has 7 nitrogen and oxygen atoms in total. The number of aliphatic hydroxyl groups excluding tert-OH is 1. The summed E-state index contributed by atoms with van der Waals surface area (Å²) in [6.07, 6.45) is 0.441. The Hall–Kier alpha value is -1.99. The molecule has 18 heavy (non-hydrogen) atoms. The largest absolute Gasteiger partial charge is 0.480 e. The molecule has 98 valence electrons. The lowest BCUT2D eigenvalue weighted by Gasteiger charge is -2.14. The molecule has 0 bridgehead atoms. The molecule has 3 N–H and O–H groups in total. The van der Waals surface area contributed by atoms with Crippen molar-refractivity contribution in [2.45, 2.75) is 12.5 Å². The molecule has 1 rings (SSSR count). The Morgan fingerprint density at radius 1 is 1.39 bits per heavy atom. The number of benzene rings is 1. The molecule has 0 saturated carbocycles. The highest BCUT2D eigenvalue weighted by Gasteiger charge is 2.19. The van der Waals surface area contributed by atoms with Gasteiger partial charge in [0, 0.05) is 18.7 Å². The lowest BCUT2D eigenvalue weighted by molar-refractivity contribution is -0.384. The zero-order chi connectivity index (χ0) is 13.5. The van der Waals surface area contributed by atoms with Crippen LogP contribution in [0.4, 0.5) is 5.69 Å². The van der Waals surface area contributed by atoms with Crippen LogP contribution in [0.1, 0.15) is 18.0 Å². The Balaban J connectivity index is 2.79. The first-order valence-electron chi connectivity index (χ1n) is 5.37. The standard InChI is InChI=1S/C11H14N2O5/c14-7-1-6-12-10(11(15)16)8-2-4-9(5-3-8)13(17)18/h2-5,10,12,14H,1,6-7H2,(H,15,16). The Morgan fingerprint density at radius 2 is 2.00 bits per heavy atom. The lowest BCUT2D eigenvalue weighted by atomic mass is 10.1. The van der Waals surface area contributed by atoms with Gasteiger partial charge in [0.1, 0.15) is 6.04 Å². The number of rotatable bonds is 7. The van der Waals surface area contributed by atoms with E-state index in [-0.39, 0.29) is 12.3 Å². The highest BCUT2D eigenvalue weighted by atomic mass is 16.6. The number of aliphatic hydroxyl groups is 1. The molecule has 0 aliphatic heterocycles. The Morgan fingerprint density at radius 3 is 2.44 bits per heavy atom. The Kier molecular flexibility index (Phi) is 5.22. The van der Waals surface area contributed by atoms with Crippen molar-refractivity contribution in [2.75, 3.05) is 13.2 Å². The summed E-state index contributed by atoms with van der Waals surface area (Å²) in [4.78, 5) is 21.0. The second-order valence-electron chi connectivity index (χ2n) is 3.65. The maximum absolute atomic E-state index is 11.1. The van der Waals surface area contributed by atoms with Crippen LogP contribution in [0.5, 0.6) is 0 Å². The fraction of sp³-hybridized carbons (Fsp3) is 0.364. The van der Waals surface area contributed by atoms with Crippen LogP contribution in [0.25, 0.3) is 0 Å².